The number of rotatable bonds is 7. The van der Waals surface area contributed by atoms with Crippen LogP contribution in [0.25, 0.3) is 0 Å². The maximum Gasteiger partial charge on any atom is 0.430 e. The molecule has 2 aliphatic rings. The van der Waals surface area contributed by atoms with Gasteiger partial charge in [-0.1, -0.05) is 42.6 Å². The van der Waals surface area contributed by atoms with Gasteiger partial charge in [-0.2, -0.15) is 30.6 Å². The molecule has 1 aromatic heterocycles. The smallest absolute Gasteiger partial charge is 0.430 e. The molecular formula is C26H25F6N3O4S2. The molecule has 2 heterocycles. The summed E-state index contributed by atoms with van der Waals surface area (Å²) in [4.78, 5) is 6.11. The molecule has 1 aromatic carbocycles. The first kappa shape index (κ1) is 30.9. The zero-order chi connectivity index (χ0) is 30.2. The SMILES string of the molecule is COc1ncccc1C[C@H]1CN(S(=O)(=O)C2=CC=CCC2=S)CCN1c1ccc(C(O)(C(F)(F)F)C(F)(F)F)cc1. The number of aromatic nitrogens is 1. The summed E-state index contributed by atoms with van der Waals surface area (Å²) in [6, 6.07) is 5.97. The molecule has 1 aliphatic heterocycles. The number of anilines is 1. The van der Waals surface area contributed by atoms with E-state index in [-0.39, 0.29) is 47.4 Å². The normalized spacial score (nSPS) is 19.3. The van der Waals surface area contributed by atoms with Gasteiger partial charge < -0.3 is 14.7 Å². The van der Waals surface area contributed by atoms with E-state index >= 15 is 0 Å². The molecule has 1 saturated heterocycles. The van der Waals surface area contributed by atoms with E-state index in [0.717, 1.165) is 12.1 Å². The monoisotopic (exact) mass is 621 g/mol. The van der Waals surface area contributed by atoms with Gasteiger partial charge in [0.1, 0.15) is 0 Å². The molecule has 1 N–H and O–H groups in total. The van der Waals surface area contributed by atoms with Gasteiger partial charge in [-0.05, 0) is 30.7 Å². The minimum atomic E-state index is -6.02. The molecule has 0 amide bonds. The van der Waals surface area contributed by atoms with Crippen molar-refractivity contribution in [3.8, 4) is 5.88 Å². The summed E-state index contributed by atoms with van der Waals surface area (Å²) in [7, 11) is -2.59. The number of aliphatic hydroxyl groups is 1. The Bertz CT molecular complexity index is 1440. The lowest BCUT2D eigenvalue weighted by Gasteiger charge is -2.43. The lowest BCUT2D eigenvalue weighted by atomic mass is 9.92. The van der Waals surface area contributed by atoms with E-state index in [1.165, 1.54) is 23.7 Å². The summed E-state index contributed by atoms with van der Waals surface area (Å²) in [5.41, 5.74) is -5.60. The topological polar surface area (TPSA) is 83.0 Å². The number of halogens is 6. The van der Waals surface area contributed by atoms with Crippen LogP contribution in [0.5, 0.6) is 5.88 Å². The predicted molar refractivity (Wildman–Crippen MR) is 143 cm³/mol. The summed E-state index contributed by atoms with van der Waals surface area (Å²) in [5.74, 6) is 0.282. The van der Waals surface area contributed by atoms with Crippen LogP contribution in [0, 0.1) is 0 Å². The van der Waals surface area contributed by atoms with Gasteiger partial charge in [0.15, 0.2) is 0 Å². The Balaban J connectivity index is 1.70. The van der Waals surface area contributed by atoms with E-state index in [2.05, 4.69) is 4.98 Å². The number of hydrogen-bond donors (Lipinski definition) is 1. The zero-order valence-corrected chi connectivity index (χ0v) is 23.1. The van der Waals surface area contributed by atoms with E-state index in [1.807, 2.05) is 0 Å². The molecule has 222 valence electrons. The van der Waals surface area contributed by atoms with Crippen molar-refractivity contribution in [1.29, 1.82) is 0 Å². The standard InChI is InChI=1S/C26H25F6N3O4S2/c1-39-23-17(5-4-12-33-23)15-20-16-34(41(37,38)22-7-3-2-6-21(22)40)13-14-35(20)19-10-8-18(9-11-19)24(36,25(27,28)29)26(30,31)32/h2-5,7-12,20,36H,6,13-16H2,1H3/t20-/m0/s1. The fourth-order valence-electron chi connectivity index (χ4n) is 4.85. The number of benzene rings is 1. The number of pyridine rings is 1. The van der Waals surface area contributed by atoms with Gasteiger partial charge in [0.05, 0.1) is 12.0 Å². The van der Waals surface area contributed by atoms with Crippen LogP contribution in [-0.2, 0) is 22.0 Å². The third-order valence-corrected chi connectivity index (χ3v) is 9.43. The van der Waals surface area contributed by atoms with Crippen molar-refractivity contribution in [2.45, 2.75) is 36.8 Å². The molecule has 1 atom stereocenters. The van der Waals surface area contributed by atoms with Crippen LogP contribution in [0.1, 0.15) is 17.5 Å². The first-order valence-electron chi connectivity index (χ1n) is 12.2. The molecule has 1 aliphatic carbocycles. The van der Waals surface area contributed by atoms with Crippen LogP contribution in [0.15, 0.2) is 65.7 Å². The molecule has 0 saturated carbocycles. The van der Waals surface area contributed by atoms with E-state index in [4.69, 9.17) is 17.0 Å². The second-order valence-corrected chi connectivity index (χ2v) is 11.8. The molecule has 0 spiro atoms. The van der Waals surface area contributed by atoms with Gasteiger partial charge in [-0.15, -0.1) is 0 Å². The average Bonchev–Trinajstić information content (AvgIpc) is 2.92. The van der Waals surface area contributed by atoms with Crippen LogP contribution in [-0.4, -0.2) is 72.8 Å². The van der Waals surface area contributed by atoms with Gasteiger partial charge in [0, 0.05) is 60.0 Å². The summed E-state index contributed by atoms with van der Waals surface area (Å²) in [6.45, 7) is -0.0329. The fraction of sp³-hybridized carbons (Fsp3) is 0.385. The predicted octanol–water partition coefficient (Wildman–Crippen LogP) is 4.68. The van der Waals surface area contributed by atoms with Gasteiger partial charge in [0.2, 0.25) is 15.9 Å². The van der Waals surface area contributed by atoms with Crippen molar-refractivity contribution in [3.63, 3.8) is 0 Å². The van der Waals surface area contributed by atoms with Gasteiger partial charge in [-0.3, -0.25) is 0 Å². The minimum absolute atomic E-state index is 0.00379. The number of methoxy groups -OCH3 is 1. The highest BCUT2D eigenvalue weighted by Gasteiger charge is 2.71. The minimum Gasteiger partial charge on any atom is -0.481 e. The van der Waals surface area contributed by atoms with Gasteiger partial charge in [0.25, 0.3) is 5.60 Å². The van der Waals surface area contributed by atoms with E-state index in [1.54, 1.807) is 29.2 Å². The van der Waals surface area contributed by atoms with Crippen LogP contribution in [0.2, 0.25) is 0 Å². The van der Waals surface area contributed by atoms with Crippen LogP contribution in [0.4, 0.5) is 32.0 Å². The third kappa shape index (κ3) is 5.85. The number of allylic oxidation sites excluding steroid dienone is 4. The average molecular weight is 622 g/mol. The van der Waals surface area contributed by atoms with Crippen molar-refractivity contribution >= 4 is 32.8 Å². The summed E-state index contributed by atoms with van der Waals surface area (Å²) >= 11 is 5.26. The Morgan fingerprint density at radius 3 is 2.32 bits per heavy atom. The van der Waals surface area contributed by atoms with Gasteiger partial charge in [-0.25, -0.2) is 13.4 Å². The molecular weight excluding hydrogens is 596 g/mol. The lowest BCUT2D eigenvalue weighted by Crippen LogP contribution is -2.56. The maximum atomic E-state index is 13.5. The van der Waals surface area contributed by atoms with Crippen LogP contribution >= 0.6 is 12.2 Å². The number of nitrogens with zero attached hydrogens (tertiary/aromatic N) is 3. The number of ether oxygens (including phenoxy) is 1. The van der Waals surface area contributed by atoms with Crippen LogP contribution in [0.3, 0.4) is 0 Å². The van der Waals surface area contributed by atoms with E-state index in [0.29, 0.717) is 24.1 Å². The van der Waals surface area contributed by atoms with Crippen LogP contribution < -0.4 is 9.64 Å². The van der Waals surface area contributed by atoms with Crippen molar-refractivity contribution in [2.24, 2.45) is 0 Å². The highest BCUT2D eigenvalue weighted by atomic mass is 32.2. The first-order chi connectivity index (χ1) is 19.1. The molecule has 15 heteroatoms. The molecule has 0 bridgehead atoms. The molecule has 0 unspecified atom stereocenters. The third-order valence-electron chi connectivity index (χ3n) is 6.96. The summed E-state index contributed by atoms with van der Waals surface area (Å²) < 4.78 is 114. The summed E-state index contributed by atoms with van der Waals surface area (Å²) in [6.07, 6.45) is -5.29. The zero-order valence-electron chi connectivity index (χ0n) is 21.5. The number of alkyl halides is 6. The van der Waals surface area contributed by atoms with Crippen molar-refractivity contribution in [2.75, 3.05) is 31.6 Å². The number of thiocarbonyl (C=S) groups is 1. The summed E-state index contributed by atoms with van der Waals surface area (Å²) in [5, 5.41) is 9.75. The second kappa shape index (κ2) is 11.3. The number of hydrogen-bond acceptors (Lipinski definition) is 7. The Hall–Kier alpha value is -3.01. The lowest BCUT2D eigenvalue weighted by molar-refractivity contribution is -0.376. The second-order valence-electron chi connectivity index (χ2n) is 9.43. The van der Waals surface area contributed by atoms with Crippen molar-refractivity contribution < 1.29 is 44.6 Å². The highest BCUT2D eigenvalue weighted by Crippen LogP contribution is 2.50. The molecule has 0 radical (unpaired) electrons. The van der Waals surface area contributed by atoms with E-state index < -0.39 is 39.6 Å². The van der Waals surface area contributed by atoms with Gasteiger partial charge >= 0.3 is 12.4 Å². The molecule has 1 fully saturated rings. The molecule has 2 aromatic rings. The van der Waals surface area contributed by atoms with E-state index in [9.17, 15) is 39.9 Å². The first-order valence-corrected chi connectivity index (χ1v) is 14.1. The Labute approximate surface area is 237 Å². The fourth-order valence-corrected chi connectivity index (χ4v) is 6.92. The van der Waals surface area contributed by atoms with Crippen molar-refractivity contribution in [1.82, 2.24) is 9.29 Å². The molecule has 4 rings (SSSR count). The number of sulfonamides is 1. The maximum absolute atomic E-state index is 13.5. The quantitative estimate of drug-likeness (QED) is 0.355. The molecule has 7 nitrogen and oxygen atoms in total. The molecule has 41 heavy (non-hydrogen) atoms. The highest BCUT2D eigenvalue weighted by molar-refractivity contribution is 7.96. The Morgan fingerprint density at radius 2 is 1.73 bits per heavy atom. The number of piperazine rings is 1. The van der Waals surface area contributed by atoms with Crippen molar-refractivity contribution in [3.05, 3.63) is 76.9 Å². The Morgan fingerprint density at radius 1 is 1.07 bits per heavy atom. The largest absolute Gasteiger partial charge is 0.481 e. The Kier molecular flexibility index (Phi) is 8.56.